The Hall–Kier alpha value is -1.12. The fourth-order valence-corrected chi connectivity index (χ4v) is 1.40. The van der Waals surface area contributed by atoms with Crippen molar-refractivity contribution in [1.29, 1.82) is 0 Å². The molecule has 0 N–H and O–H groups in total. The largest absolute Gasteiger partial charge is 0.303 e. The molecule has 0 bridgehead atoms. The first kappa shape index (κ1) is 8.97. The van der Waals surface area contributed by atoms with Crippen LogP contribution in [0.5, 0.6) is 0 Å². The summed E-state index contributed by atoms with van der Waals surface area (Å²) in [7, 11) is 1.91. The van der Waals surface area contributed by atoms with Crippen LogP contribution >= 0.6 is 0 Å². The quantitative estimate of drug-likeness (QED) is 0.635. The van der Waals surface area contributed by atoms with Gasteiger partial charge in [0.15, 0.2) is 0 Å². The van der Waals surface area contributed by atoms with Gasteiger partial charge in [-0.15, -0.1) is 0 Å². The Morgan fingerprint density at radius 3 is 2.92 bits per heavy atom. The second-order valence-electron chi connectivity index (χ2n) is 2.89. The van der Waals surface area contributed by atoms with Crippen molar-refractivity contribution in [2.45, 2.75) is 25.7 Å². The van der Waals surface area contributed by atoms with Gasteiger partial charge < -0.3 is 4.79 Å². The summed E-state index contributed by atoms with van der Waals surface area (Å²) in [4.78, 5) is 10.4. The van der Waals surface area contributed by atoms with E-state index in [9.17, 15) is 4.79 Å². The van der Waals surface area contributed by atoms with Gasteiger partial charge in [-0.2, -0.15) is 5.10 Å². The molecule has 0 aliphatic carbocycles. The second kappa shape index (κ2) is 4.04. The first-order valence-electron chi connectivity index (χ1n) is 4.21. The van der Waals surface area contributed by atoms with E-state index in [1.54, 1.807) is 6.20 Å². The zero-order valence-corrected chi connectivity index (χ0v) is 7.53. The third-order valence-corrected chi connectivity index (χ3v) is 2.15. The minimum absolute atomic E-state index is 0.329. The van der Waals surface area contributed by atoms with E-state index in [0.717, 1.165) is 18.4 Å². The van der Waals surface area contributed by atoms with Crippen molar-refractivity contribution < 1.29 is 4.79 Å². The van der Waals surface area contributed by atoms with Crippen molar-refractivity contribution >= 4 is 6.29 Å². The highest BCUT2D eigenvalue weighted by molar-refractivity contribution is 5.51. The van der Waals surface area contributed by atoms with Crippen LogP contribution in [0.3, 0.4) is 0 Å². The number of aromatic nitrogens is 2. The summed E-state index contributed by atoms with van der Waals surface area (Å²) in [5, 5.41) is 4.07. The van der Waals surface area contributed by atoms with Crippen LogP contribution in [0.25, 0.3) is 0 Å². The zero-order chi connectivity index (χ0) is 8.97. The van der Waals surface area contributed by atoms with Crippen molar-refractivity contribution in [3.63, 3.8) is 0 Å². The Morgan fingerprint density at radius 1 is 1.75 bits per heavy atom. The van der Waals surface area contributed by atoms with E-state index >= 15 is 0 Å². The molecule has 1 unspecified atom stereocenters. The normalized spacial score (nSPS) is 12.8. The van der Waals surface area contributed by atoms with Gasteiger partial charge in [-0.1, -0.05) is 6.92 Å². The molecule has 0 saturated heterocycles. The highest BCUT2D eigenvalue weighted by atomic mass is 16.1. The molecule has 12 heavy (non-hydrogen) atoms. The van der Waals surface area contributed by atoms with Crippen LogP contribution in [0.15, 0.2) is 12.3 Å². The SMILES string of the molecule is CCC(CC=O)c1ccnn1C. The minimum Gasteiger partial charge on any atom is -0.303 e. The fraction of sp³-hybridized carbons (Fsp3) is 0.556. The van der Waals surface area contributed by atoms with Crippen molar-refractivity contribution in [2.24, 2.45) is 7.05 Å². The van der Waals surface area contributed by atoms with E-state index < -0.39 is 0 Å². The molecule has 1 aromatic heterocycles. The summed E-state index contributed by atoms with van der Waals surface area (Å²) in [6.45, 7) is 2.08. The third kappa shape index (κ3) is 1.72. The molecular formula is C9H14N2O. The summed E-state index contributed by atoms with van der Waals surface area (Å²) >= 11 is 0. The van der Waals surface area contributed by atoms with E-state index in [1.807, 2.05) is 17.8 Å². The number of carbonyl (C=O) groups is 1. The van der Waals surface area contributed by atoms with E-state index in [-0.39, 0.29) is 0 Å². The first-order valence-corrected chi connectivity index (χ1v) is 4.21. The van der Waals surface area contributed by atoms with Crippen molar-refractivity contribution in [3.8, 4) is 0 Å². The molecule has 0 aliphatic heterocycles. The highest BCUT2D eigenvalue weighted by Gasteiger charge is 2.11. The standard InChI is InChI=1S/C9H14N2O/c1-3-8(5-7-12)9-4-6-10-11(9)2/h4,6-8H,3,5H2,1-2H3. The lowest BCUT2D eigenvalue weighted by atomic mass is 9.99. The molecule has 1 rings (SSSR count). The van der Waals surface area contributed by atoms with Crippen LogP contribution < -0.4 is 0 Å². The molecule has 0 aromatic carbocycles. The summed E-state index contributed by atoms with van der Waals surface area (Å²) in [5.41, 5.74) is 1.14. The summed E-state index contributed by atoms with van der Waals surface area (Å²) in [6, 6.07) is 1.97. The monoisotopic (exact) mass is 166 g/mol. The number of rotatable bonds is 4. The molecule has 0 saturated carbocycles. The van der Waals surface area contributed by atoms with Crippen LogP contribution in [-0.2, 0) is 11.8 Å². The van der Waals surface area contributed by atoms with Gasteiger partial charge in [-0.05, 0) is 12.5 Å². The summed E-state index contributed by atoms with van der Waals surface area (Å²) in [5.74, 6) is 0.329. The Morgan fingerprint density at radius 2 is 2.50 bits per heavy atom. The summed E-state index contributed by atoms with van der Waals surface area (Å²) < 4.78 is 1.83. The van der Waals surface area contributed by atoms with E-state index in [2.05, 4.69) is 12.0 Å². The molecule has 0 radical (unpaired) electrons. The molecule has 0 amide bonds. The number of aryl methyl sites for hydroxylation is 1. The lowest BCUT2D eigenvalue weighted by Crippen LogP contribution is -2.05. The maximum absolute atomic E-state index is 10.4. The highest BCUT2D eigenvalue weighted by Crippen LogP contribution is 2.20. The average Bonchev–Trinajstić information content (AvgIpc) is 2.47. The van der Waals surface area contributed by atoms with Crippen molar-refractivity contribution in [2.75, 3.05) is 0 Å². The number of hydrogen-bond donors (Lipinski definition) is 0. The van der Waals surface area contributed by atoms with Gasteiger partial charge in [0.1, 0.15) is 6.29 Å². The van der Waals surface area contributed by atoms with Crippen molar-refractivity contribution in [1.82, 2.24) is 9.78 Å². The Labute approximate surface area is 72.4 Å². The Balaban J connectivity index is 2.78. The van der Waals surface area contributed by atoms with Gasteiger partial charge in [-0.3, -0.25) is 4.68 Å². The Kier molecular flexibility index (Phi) is 3.02. The topological polar surface area (TPSA) is 34.9 Å². The van der Waals surface area contributed by atoms with Crippen molar-refractivity contribution in [3.05, 3.63) is 18.0 Å². The minimum atomic E-state index is 0.329. The van der Waals surface area contributed by atoms with E-state index in [1.165, 1.54) is 0 Å². The molecule has 1 aromatic rings. The van der Waals surface area contributed by atoms with Gasteiger partial charge >= 0.3 is 0 Å². The van der Waals surface area contributed by atoms with Gasteiger partial charge in [-0.25, -0.2) is 0 Å². The predicted octanol–water partition coefficient (Wildman–Crippen LogP) is 1.50. The Bertz CT molecular complexity index is 255. The van der Waals surface area contributed by atoms with Crippen LogP contribution in [-0.4, -0.2) is 16.1 Å². The number of aldehydes is 1. The van der Waals surface area contributed by atoms with E-state index in [4.69, 9.17) is 0 Å². The molecular weight excluding hydrogens is 152 g/mol. The van der Waals surface area contributed by atoms with Crippen LogP contribution in [0.1, 0.15) is 31.4 Å². The smallest absolute Gasteiger partial charge is 0.120 e. The van der Waals surface area contributed by atoms with Crippen LogP contribution in [0.4, 0.5) is 0 Å². The lowest BCUT2D eigenvalue weighted by molar-refractivity contribution is -0.108. The van der Waals surface area contributed by atoms with Gasteiger partial charge in [0.25, 0.3) is 0 Å². The number of hydrogen-bond acceptors (Lipinski definition) is 2. The molecule has 3 nitrogen and oxygen atoms in total. The van der Waals surface area contributed by atoms with Crippen LogP contribution in [0, 0.1) is 0 Å². The van der Waals surface area contributed by atoms with Crippen LogP contribution in [0.2, 0.25) is 0 Å². The maximum Gasteiger partial charge on any atom is 0.120 e. The molecule has 0 spiro atoms. The lowest BCUT2D eigenvalue weighted by Gasteiger charge is -2.10. The molecule has 1 atom stereocenters. The molecule has 66 valence electrons. The molecule has 3 heteroatoms. The van der Waals surface area contributed by atoms with E-state index in [0.29, 0.717) is 12.3 Å². The zero-order valence-electron chi connectivity index (χ0n) is 7.53. The predicted molar refractivity (Wildman–Crippen MR) is 46.9 cm³/mol. The molecule has 0 fully saturated rings. The average molecular weight is 166 g/mol. The molecule has 1 heterocycles. The number of carbonyl (C=O) groups excluding carboxylic acids is 1. The molecule has 0 aliphatic rings. The third-order valence-electron chi connectivity index (χ3n) is 2.15. The van der Waals surface area contributed by atoms with Gasteiger partial charge in [0, 0.05) is 31.3 Å². The number of nitrogens with zero attached hydrogens (tertiary/aromatic N) is 2. The summed E-state index contributed by atoms with van der Waals surface area (Å²) in [6.07, 6.45) is 4.32. The van der Waals surface area contributed by atoms with Gasteiger partial charge in [0.2, 0.25) is 0 Å². The fourth-order valence-electron chi connectivity index (χ4n) is 1.40. The van der Waals surface area contributed by atoms with Gasteiger partial charge in [0.05, 0.1) is 0 Å². The maximum atomic E-state index is 10.4. The first-order chi connectivity index (χ1) is 5.79. The second-order valence-corrected chi connectivity index (χ2v) is 2.89.